The summed E-state index contributed by atoms with van der Waals surface area (Å²) in [6.45, 7) is 3.89. The second-order valence-electron chi connectivity index (χ2n) is 2.00. The number of hydrogen-bond acceptors (Lipinski definition) is 1. The molecule has 0 spiro atoms. The number of ether oxygens (including phenoxy) is 1. The van der Waals surface area contributed by atoms with E-state index >= 15 is 0 Å². The first-order valence-electron chi connectivity index (χ1n) is 3.02. The molecule has 0 aromatic rings. The Bertz CT molecular complexity index is 88.9. The van der Waals surface area contributed by atoms with Crippen LogP contribution in [0.15, 0.2) is 12.2 Å². The predicted molar refractivity (Wildman–Crippen MR) is 40.9 cm³/mol. The Kier molecular flexibility index (Phi) is 4.83. The molecule has 0 saturated carbocycles. The van der Waals surface area contributed by atoms with Crippen molar-refractivity contribution in [3.8, 4) is 0 Å². The van der Waals surface area contributed by atoms with Gasteiger partial charge in [0.15, 0.2) is 0 Å². The molecule has 2 heteroatoms. The van der Waals surface area contributed by atoms with Crippen molar-refractivity contribution in [1.29, 1.82) is 0 Å². The van der Waals surface area contributed by atoms with Crippen LogP contribution in [0.4, 0.5) is 0 Å². The van der Waals surface area contributed by atoms with E-state index in [2.05, 4.69) is 0 Å². The van der Waals surface area contributed by atoms with Crippen molar-refractivity contribution in [2.45, 2.75) is 25.3 Å². The summed E-state index contributed by atoms with van der Waals surface area (Å²) in [4.78, 5) is 0. The fraction of sp³-hybridized carbons (Fsp3) is 0.714. The van der Waals surface area contributed by atoms with Gasteiger partial charge < -0.3 is 4.74 Å². The summed E-state index contributed by atoms with van der Waals surface area (Å²) < 4.78 is 4.96. The van der Waals surface area contributed by atoms with Crippen LogP contribution in [0.3, 0.4) is 0 Å². The highest BCUT2D eigenvalue weighted by Gasteiger charge is 1.91. The molecule has 2 unspecified atom stereocenters. The van der Waals surface area contributed by atoms with Crippen molar-refractivity contribution in [2.75, 3.05) is 7.11 Å². The summed E-state index contributed by atoms with van der Waals surface area (Å²) in [6.07, 6.45) is 4.03. The van der Waals surface area contributed by atoms with Gasteiger partial charge in [-0.15, -0.1) is 11.6 Å². The summed E-state index contributed by atoms with van der Waals surface area (Å²) in [5.74, 6) is 0. The summed E-state index contributed by atoms with van der Waals surface area (Å²) in [5, 5.41) is 0.0996. The second-order valence-corrected chi connectivity index (χ2v) is 2.69. The van der Waals surface area contributed by atoms with Gasteiger partial charge in [-0.1, -0.05) is 12.2 Å². The number of hydrogen-bond donors (Lipinski definition) is 0. The molecule has 0 N–H and O–H groups in total. The summed E-state index contributed by atoms with van der Waals surface area (Å²) in [5.41, 5.74) is 0. The van der Waals surface area contributed by atoms with Crippen LogP contribution >= 0.6 is 11.6 Å². The lowest BCUT2D eigenvalue weighted by Gasteiger charge is -2.01. The Labute approximate surface area is 61.7 Å². The van der Waals surface area contributed by atoms with E-state index < -0.39 is 0 Å². The van der Waals surface area contributed by atoms with Crippen LogP contribution in [-0.4, -0.2) is 18.6 Å². The Morgan fingerprint density at radius 2 is 1.89 bits per heavy atom. The molecule has 0 aliphatic rings. The van der Waals surface area contributed by atoms with Crippen LogP contribution in [0.25, 0.3) is 0 Å². The maximum atomic E-state index is 5.64. The Morgan fingerprint density at radius 1 is 1.33 bits per heavy atom. The zero-order valence-corrected chi connectivity index (χ0v) is 6.85. The monoisotopic (exact) mass is 148 g/mol. The quantitative estimate of drug-likeness (QED) is 0.441. The van der Waals surface area contributed by atoms with Crippen molar-refractivity contribution < 1.29 is 4.74 Å². The minimum atomic E-state index is 0.0996. The smallest absolute Gasteiger partial charge is 0.0724 e. The Hall–Kier alpha value is -0.0100. The highest BCUT2D eigenvalue weighted by atomic mass is 35.5. The largest absolute Gasteiger partial charge is 0.378 e. The van der Waals surface area contributed by atoms with Gasteiger partial charge in [0.1, 0.15) is 0 Å². The summed E-state index contributed by atoms with van der Waals surface area (Å²) >= 11 is 5.64. The van der Waals surface area contributed by atoms with E-state index in [1.165, 1.54) is 0 Å². The third kappa shape index (κ3) is 5.87. The highest BCUT2D eigenvalue weighted by molar-refractivity contribution is 6.21. The first-order valence-corrected chi connectivity index (χ1v) is 3.45. The van der Waals surface area contributed by atoms with Crippen molar-refractivity contribution in [1.82, 2.24) is 0 Å². The average Bonchev–Trinajstić information content (AvgIpc) is 1.83. The van der Waals surface area contributed by atoms with Gasteiger partial charge in [-0.25, -0.2) is 0 Å². The maximum Gasteiger partial charge on any atom is 0.0724 e. The van der Waals surface area contributed by atoms with Gasteiger partial charge in [0.2, 0.25) is 0 Å². The minimum Gasteiger partial charge on any atom is -0.378 e. The van der Waals surface area contributed by atoms with Crippen LogP contribution in [0.1, 0.15) is 13.8 Å². The van der Waals surface area contributed by atoms with Gasteiger partial charge in [0, 0.05) is 12.5 Å². The molecule has 0 amide bonds. The fourth-order valence-corrected chi connectivity index (χ4v) is 0.472. The van der Waals surface area contributed by atoms with Crippen LogP contribution in [0.5, 0.6) is 0 Å². The molecular weight excluding hydrogens is 136 g/mol. The Morgan fingerprint density at radius 3 is 2.22 bits per heavy atom. The SMILES string of the molecule is COC(C)/C=C/C(C)Cl. The predicted octanol–water partition coefficient (Wildman–Crippen LogP) is 2.20. The Balaban J connectivity index is 3.43. The number of allylic oxidation sites excluding steroid dienone is 1. The standard InChI is InChI=1S/C7H13ClO/c1-6(8)4-5-7(2)9-3/h4-7H,1-3H3/b5-4+. The fourth-order valence-electron chi connectivity index (χ4n) is 0.388. The van der Waals surface area contributed by atoms with Crippen molar-refractivity contribution in [3.63, 3.8) is 0 Å². The molecule has 0 saturated heterocycles. The zero-order chi connectivity index (χ0) is 7.28. The second kappa shape index (κ2) is 4.83. The van der Waals surface area contributed by atoms with Crippen LogP contribution in [0, 0.1) is 0 Å². The average molecular weight is 149 g/mol. The molecule has 2 atom stereocenters. The van der Waals surface area contributed by atoms with Gasteiger partial charge in [0.05, 0.1) is 6.10 Å². The molecule has 1 nitrogen and oxygen atoms in total. The molecule has 0 aromatic carbocycles. The van der Waals surface area contributed by atoms with Gasteiger partial charge in [0.25, 0.3) is 0 Å². The molecule has 0 aliphatic heterocycles. The lowest BCUT2D eigenvalue weighted by molar-refractivity contribution is 0.156. The van der Waals surface area contributed by atoms with Gasteiger partial charge in [-0.3, -0.25) is 0 Å². The van der Waals surface area contributed by atoms with E-state index in [1.807, 2.05) is 26.0 Å². The normalized spacial score (nSPS) is 18.2. The van der Waals surface area contributed by atoms with Gasteiger partial charge in [-0.05, 0) is 13.8 Å². The summed E-state index contributed by atoms with van der Waals surface area (Å²) in [6, 6.07) is 0. The first-order chi connectivity index (χ1) is 4.16. The van der Waals surface area contributed by atoms with Crippen molar-refractivity contribution >= 4 is 11.6 Å². The van der Waals surface area contributed by atoms with E-state index in [0.717, 1.165) is 0 Å². The maximum absolute atomic E-state index is 5.64. The van der Waals surface area contributed by atoms with Crippen LogP contribution < -0.4 is 0 Å². The van der Waals surface area contributed by atoms with E-state index in [9.17, 15) is 0 Å². The lowest BCUT2D eigenvalue weighted by atomic mass is 10.3. The third-order valence-electron chi connectivity index (χ3n) is 1.02. The number of rotatable bonds is 3. The van der Waals surface area contributed by atoms with E-state index in [-0.39, 0.29) is 11.5 Å². The van der Waals surface area contributed by atoms with Crippen LogP contribution in [0.2, 0.25) is 0 Å². The topological polar surface area (TPSA) is 9.23 Å². The zero-order valence-electron chi connectivity index (χ0n) is 6.10. The molecule has 0 heterocycles. The van der Waals surface area contributed by atoms with E-state index in [4.69, 9.17) is 16.3 Å². The van der Waals surface area contributed by atoms with Crippen molar-refractivity contribution in [2.24, 2.45) is 0 Å². The number of methoxy groups -OCH3 is 1. The lowest BCUT2D eigenvalue weighted by Crippen LogP contribution is -1.99. The number of halogens is 1. The highest BCUT2D eigenvalue weighted by Crippen LogP contribution is 1.97. The van der Waals surface area contributed by atoms with Crippen LogP contribution in [-0.2, 0) is 4.74 Å². The molecule has 9 heavy (non-hydrogen) atoms. The van der Waals surface area contributed by atoms with E-state index in [0.29, 0.717) is 0 Å². The van der Waals surface area contributed by atoms with Crippen molar-refractivity contribution in [3.05, 3.63) is 12.2 Å². The number of alkyl halides is 1. The molecule has 54 valence electrons. The van der Waals surface area contributed by atoms with Gasteiger partial charge in [-0.2, -0.15) is 0 Å². The molecular formula is C7H13ClO. The molecule has 0 fully saturated rings. The van der Waals surface area contributed by atoms with Gasteiger partial charge >= 0.3 is 0 Å². The molecule has 0 radical (unpaired) electrons. The molecule has 0 aromatic heterocycles. The third-order valence-corrected chi connectivity index (χ3v) is 1.16. The minimum absolute atomic E-state index is 0.0996. The van der Waals surface area contributed by atoms with E-state index in [1.54, 1.807) is 7.11 Å². The first kappa shape index (κ1) is 8.99. The molecule has 0 bridgehead atoms. The summed E-state index contributed by atoms with van der Waals surface area (Å²) in [7, 11) is 1.67. The molecule has 0 aliphatic carbocycles. The molecule has 0 rings (SSSR count).